The second-order valence-corrected chi connectivity index (χ2v) is 5.19. The SMILES string of the molecule is CNC(Cc1ccc(Br)cn1)c1ccc(F)c(F)c1F. The second-order valence-electron chi connectivity index (χ2n) is 4.28. The van der Waals surface area contributed by atoms with Crippen LogP contribution in [0.25, 0.3) is 0 Å². The summed E-state index contributed by atoms with van der Waals surface area (Å²) in [4.78, 5) is 4.18. The normalized spacial score (nSPS) is 12.4. The fraction of sp³-hybridized carbons (Fsp3) is 0.214. The Kier molecular flexibility index (Phi) is 4.77. The van der Waals surface area contributed by atoms with Gasteiger partial charge in [0.25, 0.3) is 0 Å². The van der Waals surface area contributed by atoms with Crippen molar-refractivity contribution in [2.24, 2.45) is 0 Å². The van der Waals surface area contributed by atoms with Crippen molar-refractivity contribution < 1.29 is 13.2 Å². The number of hydrogen-bond donors (Lipinski definition) is 1. The van der Waals surface area contributed by atoms with E-state index in [1.54, 1.807) is 19.3 Å². The molecular formula is C14H12BrF3N2. The highest BCUT2D eigenvalue weighted by atomic mass is 79.9. The van der Waals surface area contributed by atoms with Crippen molar-refractivity contribution in [2.45, 2.75) is 12.5 Å². The molecule has 2 nitrogen and oxygen atoms in total. The molecule has 1 aromatic heterocycles. The Morgan fingerprint density at radius 3 is 2.50 bits per heavy atom. The number of aromatic nitrogens is 1. The molecule has 1 N–H and O–H groups in total. The molecule has 0 bridgehead atoms. The van der Waals surface area contributed by atoms with Crippen molar-refractivity contribution in [2.75, 3.05) is 7.05 Å². The van der Waals surface area contributed by atoms with Crippen LogP contribution in [0.5, 0.6) is 0 Å². The van der Waals surface area contributed by atoms with Crippen molar-refractivity contribution in [3.05, 3.63) is 63.6 Å². The number of nitrogens with zero attached hydrogens (tertiary/aromatic N) is 1. The first kappa shape index (κ1) is 15.0. The van der Waals surface area contributed by atoms with Gasteiger partial charge in [-0.2, -0.15) is 0 Å². The van der Waals surface area contributed by atoms with Crippen LogP contribution in [0.2, 0.25) is 0 Å². The first-order valence-corrected chi connectivity index (χ1v) is 6.73. The molecule has 0 radical (unpaired) electrons. The molecule has 1 atom stereocenters. The maximum absolute atomic E-state index is 13.8. The smallest absolute Gasteiger partial charge is 0.194 e. The topological polar surface area (TPSA) is 24.9 Å². The number of halogens is 4. The van der Waals surface area contributed by atoms with Crippen LogP contribution >= 0.6 is 15.9 Å². The lowest BCUT2D eigenvalue weighted by atomic mass is 10.0. The highest BCUT2D eigenvalue weighted by molar-refractivity contribution is 9.10. The van der Waals surface area contributed by atoms with Gasteiger partial charge in [-0.05, 0) is 41.2 Å². The monoisotopic (exact) mass is 344 g/mol. The zero-order chi connectivity index (χ0) is 14.7. The van der Waals surface area contributed by atoms with Gasteiger partial charge in [0.15, 0.2) is 17.5 Å². The molecule has 20 heavy (non-hydrogen) atoms. The van der Waals surface area contributed by atoms with Gasteiger partial charge in [0.05, 0.1) is 0 Å². The molecule has 0 aliphatic carbocycles. The van der Waals surface area contributed by atoms with Gasteiger partial charge < -0.3 is 5.32 Å². The Bertz CT molecular complexity index is 602. The molecule has 0 saturated heterocycles. The summed E-state index contributed by atoms with van der Waals surface area (Å²) in [6, 6.07) is 5.28. The molecule has 2 rings (SSSR count). The Hall–Kier alpha value is -1.40. The number of nitrogens with one attached hydrogen (secondary N) is 1. The van der Waals surface area contributed by atoms with Gasteiger partial charge in [-0.25, -0.2) is 13.2 Å². The van der Waals surface area contributed by atoms with Crippen LogP contribution in [0.15, 0.2) is 34.9 Å². The Labute approximate surface area is 123 Å². The van der Waals surface area contributed by atoms with E-state index in [2.05, 4.69) is 26.2 Å². The zero-order valence-corrected chi connectivity index (χ0v) is 12.2. The molecule has 106 valence electrons. The summed E-state index contributed by atoms with van der Waals surface area (Å²) in [5, 5.41) is 2.89. The summed E-state index contributed by atoms with van der Waals surface area (Å²) < 4.78 is 40.8. The summed E-state index contributed by atoms with van der Waals surface area (Å²) in [5.74, 6) is -3.81. The quantitative estimate of drug-likeness (QED) is 0.854. The largest absolute Gasteiger partial charge is 0.313 e. The predicted octanol–water partition coefficient (Wildman–Crippen LogP) is 3.76. The van der Waals surface area contributed by atoms with E-state index in [0.717, 1.165) is 16.2 Å². The van der Waals surface area contributed by atoms with Crippen molar-refractivity contribution in [3.63, 3.8) is 0 Å². The van der Waals surface area contributed by atoms with Crippen LogP contribution in [-0.4, -0.2) is 12.0 Å². The fourth-order valence-electron chi connectivity index (χ4n) is 1.91. The minimum Gasteiger partial charge on any atom is -0.313 e. The Morgan fingerprint density at radius 1 is 1.15 bits per heavy atom. The van der Waals surface area contributed by atoms with Gasteiger partial charge in [0, 0.05) is 34.4 Å². The summed E-state index contributed by atoms with van der Waals surface area (Å²) in [7, 11) is 1.63. The lowest BCUT2D eigenvalue weighted by Crippen LogP contribution is -2.21. The fourth-order valence-corrected chi connectivity index (χ4v) is 2.15. The summed E-state index contributed by atoms with van der Waals surface area (Å²) in [6.07, 6.45) is 2.00. The van der Waals surface area contributed by atoms with Crippen molar-refractivity contribution in [1.29, 1.82) is 0 Å². The Morgan fingerprint density at radius 2 is 1.90 bits per heavy atom. The van der Waals surface area contributed by atoms with Crippen LogP contribution in [0.3, 0.4) is 0 Å². The third-order valence-electron chi connectivity index (χ3n) is 2.99. The predicted molar refractivity (Wildman–Crippen MR) is 73.8 cm³/mol. The van der Waals surface area contributed by atoms with Crippen LogP contribution in [0, 0.1) is 17.5 Å². The zero-order valence-electron chi connectivity index (χ0n) is 10.6. The van der Waals surface area contributed by atoms with Gasteiger partial charge in [-0.15, -0.1) is 0 Å². The first-order chi connectivity index (χ1) is 9.52. The highest BCUT2D eigenvalue weighted by Crippen LogP contribution is 2.24. The summed E-state index contributed by atoms with van der Waals surface area (Å²) in [6.45, 7) is 0. The molecule has 0 fully saturated rings. The third kappa shape index (κ3) is 3.19. The van der Waals surface area contributed by atoms with Crippen molar-refractivity contribution >= 4 is 15.9 Å². The van der Waals surface area contributed by atoms with Crippen LogP contribution in [0.1, 0.15) is 17.3 Å². The Balaban J connectivity index is 2.29. The van der Waals surface area contributed by atoms with Crippen molar-refractivity contribution in [1.82, 2.24) is 10.3 Å². The molecule has 0 aliphatic heterocycles. The van der Waals surface area contributed by atoms with E-state index in [1.165, 1.54) is 6.07 Å². The van der Waals surface area contributed by atoms with E-state index < -0.39 is 23.5 Å². The number of pyridine rings is 1. The molecule has 2 aromatic rings. The van der Waals surface area contributed by atoms with E-state index in [0.29, 0.717) is 6.42 Å². The molecule has 0 amide bonds. The maximum Gasteiger partial charge on any atom is 0.194 e. The van der Waals surface area contributed by atoms with Gasteiger partial charge in [-0.1, -0.05) is 6.07 Å². The number of benzene rings is 1. The van der Waals surface area contributed by atoms with Gasteiger partial charge in [0.2, 0.25) is 0 Å². The molecule has 1 aromatic carbocycles. The number of likely N-dealkylation sites (N-methyl/N-ethyl adjacent to an activating group) is 1. The van der Waals surface area contributed by atoms with E-state index in [4.69, 9.17) is 0 Å². The highest BCUT2D eigenvalue weighted by Gasteiger charge is 2.20. The molecule has 1 heterocycles. The third-order valence-corrected chi connectivity index (χ3v) is 3.46. The van der Waals surface area contributed by atoms with Gasteiger partial charge in [0.1, 0.15) is 0 Å². The maximum atomic E-state index is 13.8. The molecular weight excluding hydrogens is 333 g/mol. The lowest BCUT2D eigenvalue weighted by Gasteiger charge is -2.17. The van der Waals surface area contributed by atoms with Gasteiger partial charge in [-0.3, -0.25) is 4.98 Å². The molecule has 6 heteroatoms. The van der Waals surface area contributed by atoms with E-state index in [-0.39, 0.29) is 5.56 Å². The average Bonchev–Trinajstić information content (AvgIpc) is 2.45. The standard InChI is InChI=1S/C14H12BrF3N2/c1-19-12(6-9-3-2-8(15)7-20-9)10-4-5-11(16)14(18)13(10)17/h2-5,7,12,19H,6H2,1H3. The number of rotatable bonds is 4. The second kappa shape index (κ2) is 6.37. The van der Waals surface area contributed by atoms with E-state index in [9.17, 15) is 13.2 Å². The van der Waals surface area contributed by atoms with E-state index >= 15 is 0 Å². The van der Waals surface area contributed by atoms with E-state index in [1.807, 2.05) is 6.07 Å². The molecule has 0 spiro atoms. The summed E-state index contributed by atoms with van der Waals surface area (Å²) >= 11 is 3.27. The minimum atomic E-state index is -1.45. The summed E-state index contributed by atoms with van der Waals surface area (Å²) in [5.41, 5.74) is 0.799. The van der Waals surface area contributed by atoms with Crippen LogP contribution < -0.4 is 5.32 Å². The lowest BCUT2D eigenvalue weighted by molar-refractivity contribution is 0.428. The van der Waals surface area contributed by atoms with Crippen LogP contribution in [0.4, 0.5) is 13.2 Å². The minimum absolute atomic E-state index is 0.0797. The van der Waals surface area contributed by atoms with Crippen LogP contribution in [-0.2, 0) is 6.42 Å². The van der Waals surface area contributed by atoms with Crippen molar-refractivity contribution in [3.8, 4) is 0 Å². The van der Waals surface area contributed by atoms with Gasteiger partial charge >= 0.3 is 0 Å². The molecule has 0 saturated carbocycles. The number of hydrogen-bond acceptors (Lipinski definition) is 2. The first-order valence-electron chi connectivity index (χ1n) is 5.94. The average molecular weight is 345 g/mol. The molecule has 1 unspecified atom stereocenters. The molecule has 0 aliphatic rings.